The Morgan fingerprint density at radius 1 is 1.47 bits per heavy atom. The van der Waals surface area contributed by atoms with Crippen LogP contribution in [-0.4, -0.2) is 30.8 Å². The van der Waals surface area contributed by atoms with Crippen molar-refractivity contribution in [2.45, 2.75) is 6.42 Å². The molecular weight excluding hydrogens is 242 g/mol. The molecule has 7 heteroatoms. The Hall–Kier alpha value is -1.94. The Kier molecular flexibility index (Phi) is 4.60. The van der Waals surface area contributed by atoms with Crippen LogP contribution in [0.15, 0.2) is 24.4 Å². The smallest absolute Gasteiger partial charge is 0.240 e. The van der Waals surface area contributed by atoms with Gasteiger partial charge in [0.1, 0.15) is 11.6 Å². The number of carbonyl (C=O) groups is 1. The van der Waals surface area contributed by atoms with Crippen LogP contribution in [0.2, 0.25) is 0 Å². The van der Waals surface area contributed by atoms with Gasteiger partial charge in [0.2, 0.25) is 5.91 Å². The summed E-state index contributed by atoms with van der Waals surface area (Å²) in [7, 11) is -3.53. The molecular formula is C10H11N3O3S. The first-order valence-corrected chi connectivity index (χ1v) is 6.64. The summed E-state index contributed by atoms with van der Waals surface area (Å²) in [6.07, 6.45) is 1.37. The number of rotatable bonds is 5. The van der Waals surface area contributed by atoms with Gasteiger partial charge in [-0.3, -0.25) is 4.79 Å². The molecule has 1 aromatic heterocycles. The van der Waals surface area contributed by atoms with E-state index in [9.17, 15) is 13.2 Å². The molecule has 6 nitrogen and oxygen atoms in total. The second kappa shape index (κ2) is 5.96. The number of amides is 1. The minimum atomic E-state index is -3.53. The molecule has 1 amide bonds. The van der Waals surface area contributed by atoms with Crippen molar-refractivity contribution in [1.29, 1.82) is 5.26 Å². The average Bonchev–Trinajstić information content (AvgIpc) is 2.27. The van der Waals surface area contributed by atoms with Gasteiger partial charge in [0, 0.05) is 12.6 Å². The van der Waals surface area contributed by atoms with Gasteiger partial charge in [0.25, 0.3) is 0 Å². The highest BCUT2D eigenvalue weighted by molar-refractivity contribution is 7.92. The van der Waals surface area contributed by atoms with E-state index in [1.807, 2.05) is 0 Å². The number of hydrogen-bond donors (Lipinski definition) is 1. The fraction of sp³-hybridized carbons (Fsp3) is 0.300. The van der Waals surface area contributed by atoms with Gasteiger partial charge < -0.3 is 5.32 Å². The van der Waals surface area contributed by atoms with Crippen molar-refractivity contribution < 1.29 is 13.2 Å². The van der Waals surface area contributed by atoms with Crippen molar-refractivity contribution in [3.8, 4) is 6.07 Å². The van der Waals surface area contributed by atoms with Gasteiger partial charge >= 0.3 is 0 Å². The molecule has 0 atom stereocenters. The maximum Gasteiger partial charge on any atom is 0.240 e. The highest BCUT2D eigenvalue weighted by Crippen LogP contribution is 2.01. The first-order valence-electron chi connectivity index (χ1n) is 4.82. The van der Waals surface area contributed by atoms with Crippen LogP contribution in [0, 0.1) is 11.3 Å². The van der Waals surface area contributed by atoms with Crippen LogP contribution in [-0.2, 0) is 14.6 Å². The third-order valence-electron chi connectivity index (χ3n) is 1.81. The Morgan fingerprint density at radius 3 is 2.82 bits per heavy atom. The minimum Gasteiger partial charge on any atom is -0.310 e. The topological polar surface area (TPSA) is 99.9 Å². The summed E-state index contributed by atoms with van der Waals surface area (Å²) < 4.78 is 22.7. The van der Waals surface area contributed by atoms with E-state index in [2.05, 4.69) is 10.3 Å². The zero-order valence-corrected chi connectivity index (χ0v) is 9.77. The van der Waals surface area contributed by atoms with Gasteiger partial charge in [-0.25, -0.2) is 13.4 Å². The van der Waals surface area contributed by atoms with Gasteiger partial charge in [-0.05, 0) is 12.1 Å². The summed E-state index contributed by atoms with van der Waals surface area (Å²) >= 11 is 0. The number of aromatic nitrogens is 1. The molecule has 0 radical (unpaired) electrons. The number of nitrogens with zero attached hydrogens (tertiary/aromatic N) is 2. The lowest BCUT2D eigenvalue weighted by molar-refractivity contribution is -0.113. The number of pyridine rings is 1. The lowest BCUT2D eigenvalue weighted by Gasteiger charge is -2.03. The van der Waals surface area contributed by atoms with Gasteiger partial charge in [-0.2, -0.15) is 5.26 Å². The number of nitriles is 1. The monoisotopic (exact) mass is 253 g/mol. The van der Waals surface area contributed by atoms with E-state index < -0.39 is 21.5 Å². The van der Waals surface area contributed by atoms with E-state index in [1.165, 1.54) is 6.20 Å². The molecule has 1 heterocycles. The summed E-state index contributed by atoms with van der Waals surface area (Å²) in [6, 6.07) is 6.63. The molecule has 1 rings (SSSR count). The summed E-state index contributed by atoms with van der Waals surface area (Å²) in [5.41, 5.74) is 0. The quantitative estimate of drug-likeness (QED) is 0.816. The van der Waals surface area contributed by atoms with Crippen molar-refractivity contribution >= 4 is 21.6 Å². The molecule has 1 aromatic rings. The van der Waals surface area contributed by atoms with Gasteiger partial charge in [-0.1, -0.05) is 6.07 Å². The Balaban J connectivity index is 2.54. The molecule has 90 valence electrons. The highest BCUT2D eigenvalue weighted by atomic mass is 32.2. The van der Waals surface area contributed by atoms with Crippen LogP contribution in [0.3, 0.4) is 0 Å². The largest absolute Gasteiger partial charge is 0.310 e. The summed E-state index contributed by atoms with van der Waals surface area (Å²) in [6.45, 7) is 0. The first-order chi connectivity index (χ1) is 8.03. The fourth-order valence-corrected chi connectivity index (χ4v) is 2.11. The standard InChI is InChI=1S/C10H11N3O3S/c11-5-3-7-17(15,16)8-10(14)13-9-4-1-2-6-12-9/h1-2,4,6H,3,7-8H2,(H,12,13,14). The van der Waals surface area contributed by atoms with E-state index in [0.29, 0.717) is 5.82 Å². The molecule has 0 bridgehead atoms. The predicted octanol–water partition coefficient (Wildman–Crippen LogP) is 0.349. The molecule has 0 unspecified atom stereocenters. The van der Waals surface area contributed by atoms with Gasteiger partial charge in [0.15, 0.2) is 9.84 Å². The van der Waals surface area contributed by atoms with Crippen molar-refractivity contribution in [3.05, 3.63) is 24.4 Å². The highest BCUT2D eigenvalue weighted by Gasteiger charge is 2.16. The summed E-state index contributed by atoms with van der Waals surface area (Å²) in [4.78, 5) is 15.2. The van der Waals surface area contributed by atoms with Crippen LogP contribution >= 0.6 is 0 Å². The zero-order chi connectivity index (χ0) is 12.7. The van der Waals surface area contributed by atoms with Gasteiger partial charge in [-0.15, -0.1) is 0 Å². The van der Waals surface area contributed by atoms with Gasteiger partial charge in [0.05, 0.1) is 11.8 Å². The van der Waals surface area contributed by atoms with E-state index in [1.54, 1.807) is 24.3 Å². The second-order valence-electron chi connectivity index (χ2n) is 3.26. The van der Waals surface area contributed by atoms with Crippen molar-refractivity contribution in [2.75, 3.05) is 16.8 Å². The van der Waals surface area contributed by atoms with Crippen molar-refractivity contribution in [3.63, 3.8) is 0 Å². The molecule has 0 aliphatic heterocycles. The second-order valence-corrected chi connectivity index (χ2v) is 5.45. The summed E-state index contributed by atoms with van der Waals surface area (Å²) in [5, 5.41) is 10.6. The normalized spacial score (nSPS) is 10.5. The fourth-order valence-electron chi connectivity index (χ4n) is 1.09. The molecule has 1 N–H and O–H groups in total. The van der Waals surface area contributed by atoms with Crippen molar-refractivity contribution in [1.82, 2.24) is 4.98 Å². The van der Waals surface area contributed by atoms with Crippen molar-refractivity contribution in [2.24, 2.45) is 0 Å². The Bertz CT molecular complexity index is 519. The Labute approximate surface area is 99.2 Å². The number of carbonyl (C=O) groups excluding carboxylic acids is 1. The van der Waals surface area contributed by atoms with Crippen LogP contribution in [0.5, 0.6) is 0 Å². The third kappa shape index (κ3) is 5.08. The van der Waals surface area contributed by atoms with E-state index in [0.717, 1.165) is 0 Å². The first kappa shape index (κ1) is 13.1. The molecule has 0 saturated heterocycles. The molecule has 0 spiro atoms. The molecule has 0 aromatic carbocycles. The number of sulfone groups is 1. The maximum atomic E-state index is 11.4. The van der Waals surface area contributed by atoms with E-state index in [4.69, 9.17) is 5.26 Å². The molecule has 17 heavy (non-hydrogen) atoms. The maximum absolute atomic E-state index is 11.4. The summed E-state index contributed by atoms with van der Waals surface area (Å²) in [5.74, 6) is -1.29. The Morgan fingerprint density at radius 2 is 2.24 bits per heavy atom. The average molecular weight is 253 g/mol. The lowest BCUT2D eigenvalue weighted by Crippen LogP contribution is -2.24. The number of hydrogen-bond acceptors (Lipinski definition) is 5. The van der Waals surface area contributed by atoms with Crippen LogP contribution in [0.25, 0.3) is 0 Å². The SMILES string of the molecule is N#CCCS(=O)(=O)CC(=O)Nc1ccccn1. The molecule has 0 aliphatic carbocycles. The molecule has 0 saturated carbocycles. The van der Waals surface area contributed by atoms with Crippen LogP contribution in [0.4, 0.5) is 5.82 Å². The number of anilines is 1. The van der Waals surface area contributed by atoms with E-state index >= 15 is 0 Å². The molecule has 0 fully saturated rings. The van der Waals surface area contributed by atoms with Crippen LogP contribution in [0.1, 0.15) is 6.42 Å². The number of nitrogens with one attached hydrogen (secondary N) is 1. The molecule has 0 aliphatic rings. The minimum absolute atomic E-state index is 0.112. The van der Waals surface area contributed by atoms with E-state index in [-0.39, 0.29) is 12.2 Å². The zero-order valence-electron chi connectivity index (χ0n) is 8.96. The van der Waals surface area contributed by atoms with Crippen LogP contribution < -0.4 is 5.32 Å². The lowest BCUT2D eigenvalue weighted by atomic mass is 10.4. The predicted molar refractivity (Wildman–Crippen MR) is 61.8 cm³/mol. The third-order valence-corrected chi connectivity index (χ3v) is 3.34.